The van der Waals surface area contributed by atoms with E-state index in [0.717, 1.165) is 48.0 Å². The fourth-order valence-electron chi connectivity index (χ4n) is 4.19. The summed E-state index contributed by atoms with van der Waals surface area (Å²) in [7, 11) is 1.60. The number of amides is 1. The van der Waals surface area contributed by atoms with Gasteiger partial charge in [-0.3, -0.25) is 15.1 Å². The summed E-state index contributed by atoms with van der Waals surface area (Å²) >= 11 is 1.99. The topological polar surface area (TPSA) is 113 Å². The lowest BCUT2D eigenvalue weighted by Crippen LogP contribution is -2.35. The van der Waals surface area contributed by atoms with Crippen molar-refractivity contribution in [3.8, 4) is 11.5 Å². The number of nitrogens with zero attached hydrogens (tertiary/aromatic N) is 1. The number of ether oxygens (including phenoxy) is 2. The van der Waals surface area contributed by atoms with Gasteiger partial charge in [0.2, 0.25) is 5.91 Å². The Bertz CT molecular complexity index is 1200. The zero-order chi connectivity index (χ0) is 26.7. The lowest BCUT2D eigenvalue weighted by atomic mass is 10.0. The summed E-state index contributed by atoms with van der Waals surface area (Å²) in [5.41, 5.74) is 8.69. The van der Waals surface area contributed by atoms with E-state index in [4.69, 9.17) is 20.6 Å². The quantitative estimate of drug-likeness (QED) is 0.206. The van der Waals surface area contributed by atoms with Crippen molar-refractivity contribution in [2.75, 3.05) is 50.2 Å². The van der Waals surface area contributed by atoms with Crippen molar-refractivity contribution in [3.05, 3.63) is 89.5 Å². The first-order valence-electron chi connectivity index (χ1n) is 12.7. The van der Waals surface area contributed by atoms with E-state index < -0.39 is 6.04 Å². The third-order valence-corrected chi connectivity index (χ3v) is 7.31. The molecule has 38 heavy (non-hydrogen) atoms. The van der Waals surface area contributed by atoms with Crippen LogP contribution in [0.4, 0.5) is 5.69 Å². The second-order valence-electron chi connectivity index (χ2n) is 8.98. The van der Waals surface area contributed by atoms with Crippen molar-refractivity contribution in [2.24, 2.45) is 5.73 Å². The molecule has 0 spiro atoms. The Morgan fingerprint density at radius 3 is 2.47 bits per heavy atom. The number of hydrogen-bond acceptors (Lipinski definition) is 7. The summed E-state index contributed by atoms with van der Waals surface area (Å²) < 4.78 is 11.7. The SMILES string of the molecule is COc1cc([C@@H](Nc2ccc(C(=N)N)cc2)C(=O)NCc2ccccc2)ccc1OCCN1CCSCC1. The van der Waals surface area contributed by atoms with E-state index in [-0.39, 0.29) is 11.7 Å². The van der Waals surface area contributed by atoms with Crippen LogP contribution in [-0.2, 0) is 11.3 Å². The smallest absolute Gasteiger partial charge is 0.247 e. The van der Waals surface area contributed by atoms with Crippen LogP contribution in [0.25, 0.3) is 0 Å². The zero-order valence-corrected chi connectivity index (χ0v) is 22.4. The van der Waals surface area contributed by atoms with Crippen LogP contribution in [0.5, 0.6) is 11.5 Å². The van der Waals surface area contributed by atoms with E-state index in [2.05, 4.69) is 15.5 Å². The second kappa shape index (κ2) is 13.7. The van der Waals surface area contributed by atoms with Crippen LogP contribution in [0.2, 0.25) is 0 Å². The standard InChI is InChI=1S/C29H35N5O3S/c1-36-26-19-23(9-12-25(26)37-16-13-34-14-17-38-18-15-34)27(29(35)32-20-21-5-3-2-4-6-21)33-24-10-7-22(8-11-24)28(30)31/h2-12,19,27,33H,13-18,20H2,1H3,(H3,30,31)(H,32,35)/t27-/m1/s1. The van der Waals surface area contributed by atoms with Crippen LogP contribution < -0.4 is 25.8 Å². The fraction of sp³-hybridized carbons (Fsp3) is 0.310. The minimum atomic E-state index is -0.685. The number of hydrogen-bond donors (Lipinski definition) is 4. The van der Waals surface area contributed by atoms with Gasteiger partial charge >= 0.3 is 0 Å². The molecule has 1 aliphatic rings. The molecule has 1 amide bonds. The molecule has 1 fully saturated rings. The van der Waals surface area contributed by atoms with Crippen molar-refractivity contribution >= 4 is 29.2 Å². The number of nitrogens with two attached hydrogens (primary N) is 1. The van der Waals surface area contributed by atoms with Crippen molar-refractivity contribution in [1.29, 1.82) is 5.41 Å². The van der Waals surface area contributed by atoms with Gasteiger partial charge in [-0.15, -0.1) is 0 Å². The number of thioether (sulfide) groups is 1. The average Bonchev–Trinajstić information content (AvgIpc) is 2.96. The van der Waals surface area contributed by atoms with Gasteiger partial charge in [-0.25, -0.2) is 0 Å². The molecule has 1 atom stereocenters. The maximum absolute atomic E-state index is 13.4. The maximum Gasteiger partial charge on any atom is 0.247 e. The Kier molecular flexibility index (Phi) is 9.89. The van der Waals surface area contributed by atoms with Crippen LogP contribution in [0.15, 0.2) is 72.8 Å². The number of anilines is 1. The largest absolute Gasteiger partial charge is 0.493 e. The number of nitrogens with one attached hydrogen (secondary N) is 3. The van der Waals surface area contributed by atoms with Crippen LogP contribution >= 0.6 is 11.8 Å². The fourth-order valence-corrected chi connectivity index (χ4v) is 5.17. The molecule has 1 saturated heterocycles. The predicted octanol–water partition coefficient (Wildman–Crippen LogP) is 3.88. The van der Waals surface area contributed by atoms with Gasteiger partial charge in [-0.2, -0.15) is 11.8 Å². The van der Waals surface area contributed by atoms with Crippen molar-refractivity contribution in [1.82, 2.24) is 10.2 Å². The Hall–Kier alpha value is -3.69. The number of methoxy groups -OCH3 is 1. The lowest BCUT2D eigenvalue weighted by molar-refractivity contribution is -0.122. The molecule has 3 aromatic rings. The minimum absolute atomic E-state index is 0.00629. The molecule has 1 heterocycles. The van der Waals surface area contributed by atoms with Crippen molar-refractivity contribution < 1.29 is 14.3 Å². The van der Waals surface area contributed by atoms with Gasteiger partial charge in [0.25, 0.3) is 0 Å². The Morgan fingerprint density at radius 1 is 1.05 bits per heavy atom. The number of rotatable bonds is 12. The highest BCUT2D eigenvalue weighted by Gasteiger charge is 2.22. The Morgan fingerprint density at radius 2 is 1.79 bits per heavy atom. The molecule has 0 aliphatic carbocycles. The molecule has 0 radical (unpaired) electrons. The summed E-state index contributed by atoms with van der Waals surface area (Å²) in [6.45, 7) is 4.02. The molecule has 1 aliphatic heterocycles. The molecule has 9 heteroatoms. The van der Waals surface area contributed by atoms with Crippen LogP contribution in [0.3, 0.4) is 0 Å². The number of carbonyl (C=O) groups is 1. The Labute approximate surface area is 228 Å². The minimum Gasteiger partial charge on any atom is -0.493 e. The van der Waals surface area contributed by atoms with E-state index in [0.29, 0.717) is 30.2 Å². The molecular weight excluding hydrogens is 498 g/mol. The molecule has 0 saturated carbocycles. The monoisotopic (exact) mass is 533 g/mol. The predicted molar refractivity (Wildman–Crippen MR) is 154 cm³/mol. The molecule has 200 valence electrons. The highest BCUT2D eigenvalue weighted by atomic mass is 32.2. The number of amidine groups is 1. The van der Waals surface area contributed by atoms with E-state index in [1.54, 1.807) is 19.2 Å². The van der Waals surface area contributed by atoms with Crippen LogP contribution in [0, 0.1) is 5.41 Å². The second-order valence-corrected chi connectivity index (χ2v) is 10.2. The van der Waals surface area contributed by atoms with Gasteiger partial charge < -0.3 is 25.8 Å². The number of carbonyl (C=O) groups excluding carboxylic acids is 1. The molecule has 8 nitrogen and oxygen atoms in total. The first-order valence-corrected chi connectivity index (χ1v) is 13.8. The highest BCUT2D eigenvalue weighted by Crippen LogP contribution is 2.32. The van der Waals surface area contributed by atoms with Gasteiger partial charge in [0.05, 0.1) is 7.11 Å². The van der Waals surface area contributed by atoms with E-state index in [1.807, 2.05) is 72.4 Å². The number of benzene rings is 3. The van der Waals surface area contributed by atoms with E-state index >= 15 is 0 Å². The first-order chi connectivity index (χ1) is 18.5. The molecule has 0 aromatic heterocycles. The van der Waals surface area contributed by atoms with Gasteiger partial charge in [-0.1, -0.05) is 36.4 Å². The molecular formula is C29H35N5O3S. The molecule has 0 unspecified atom stereocenters. The molecule has 5 N–H and O–H groups in total. The van der Waals surface area contributed by atoms with Crippen LogP contribution in [0.1, 0.15) is 22.7 Å². The van der Waals surface area contributed by atoms with Crippen LogP contribution in [-0.4, -0.2) is 61.5 Å². The molecule has 0 bridgehead atoms. The zero-order valence-electron chi connectivity index (χ0n) is 21.6. The lowest BCUT2D eigenvalue weighted by Gasteiger charge is -2.26. The Balaban J connectivity index is 1.50. The van der Waals surface area contributed by atoms with Gasteiger partial charge in [-0.05, 0) is 47.5 Å². The average molecular weight is 534 g/mol. The third-order valence-electron chi connectivity index (χ3n) is 6.37. The molecule has 3 aromatic carbocycles. The molecule has 4 rings (SSSR count). The van der Waals surface area contributed by atoms with Crippen molar-refractivity contribution in [3.63, 3.8) is 0 Å². The van der Waals surface area contributed by atoms with Gasteiger partial charge in [0.15, 0.2) is 11.5 Å². The summed E-state index contributed by atoms with van der Waals surface area (Å²) in [6.07, 6.45) is 0. The summed E-state index contributed by atoms with van der Waals surface area (Å²) in [5, 5.41) is 14.0. The highest BCUT2D eigenvalue weighted by molar-refractivity contribution is 7.99. The third kappa shape index (κ3) is 7.66. The summed E-state index contributed by atoms with van der Waals surface area (Å²) in [5.74, 6) is 3.37. The summed E-state index contributed by atoms with van der Waals surface area (Å²) in [6, 6.07) is 21.8. The summed E-state index contributed by atoms with van der Waals surface area (Å²) in [4.78, 5) is 15.8. The van der Waals surface area contributed by atoms with Gasteiger partial charge in [0.1, 0.15) is 18.5 Å². The number of nitrogen functional groups attached to an aromatic ring is 1. The first kappa shape index (κ1) is 27.3. The van der Waals surface area contributed by atoms with Crippen molar-refractivity contribution in [2.45, 2.75) is 12.6 Å². The van der Waals surface area contributed by atoms with Gasteiger partial charge in [0, 0.05) is 48.9 Å². The maximum atomic E-state index is 13.4. The normalized spacial score (nSPS) is 14.3. The van der Waals surface area contributed by atoms with E-state index in [9.17, 15) is 4.79 Å². The van der Waals surface area contributed by atoms with E-state index in [1.165, 1.54) is 0 Å².